The molecule has 0 atom stereocenters. The largest absolute Gasteiger partial charge is 0.394 e. The van der Waals surface area contributed by atoms with E-state index in [1.165, 1.54) is 0 Å². The lowest BCUT2D eigenvalue weighted by Crippen LogP contribution is -2.42. The number of amides is 1. The summed E-state index contributed by atoms with van der Waals surface area (Å²) in [4.78, 5) is 11.1. The number of hydrogen-bond acceptors (Lipinski definition) is 4. The molecule has 0 aliphatic rings. The number of rotatable bonds is 9. The average molecular weight is 651 g/mol. The highest BCUT2D eigenvalue weighted by atomic mass is 32.3. The Labute approximate surface area is 276 Å². The highest BCUT2D eigenvalue weighted by Crippen LogP contribution is 2.36. The Morgan fingerprint density at radius 3 is 0.727 bits per heavy atom. The molecule has 0 rings (SSSR count). The number of nitriles is 1. The quantitative estimate of drug-likeness (QED) is 0.212. The Kier molecular flexibility index (Phi) is 25.7. The Balaban J connectivity index is -0.000000147. The van der Waals surface area contributed by atoms with E-state index in [9.17, 15) is 4.79 Å². The fourth-order valence-corrected chi connectivity index (χ4v) is 3.49. The number of carbonyl (C=O) groups excluding carboxylic acids is 1. The van der Waals surface area contributed by atoms with Gasteiger partial charge in [0.1, 0.15) is 0 Å². The number of nitrogens with two attached hydrogens (primary N) is 1. The van der Waals surface area contributed by atoms with E-state index in [1.807, 2.05) is 41.5 Å². The van der Waals surface area contributed by atoms with Crippen LogP contribution in [0.15, 0.2) is 0 Å². The summed E-state index contributed by atoms with van der Waals surface area (Å²) in [6, 6.07) is 2.38. The normalized spacial score (nSPS) is 12.7. The zero-order chi connectivity index (χ0) is 37.4. The fraction of sp³-hybridized carbons (Fsp3) is 0.944. The first kappa shape index (κ1) is 52.4. The second-order valence-electron chi connectivity index (χ2n) is 16.4. The van der Waals surface area contributed by atoms with Crippen molar-refractivity contribution in [2.45, 2.75) is 152 Å². The third kappa shape index (κ3) is 20.8. The van der Waals surface area contributed by atoms with Crippen molar-refractivity contribution in [3.63, 3.8) is 0 Å². The molecule has 0 unspecified atom stereocenters. The van der Waals surface area contributed by atoms with Crippen molar-refractivity contribution in [3.8, 4) is 6.07 Å². The van der Waals surface area contributed by atoms with Crippen LogP contribution in [0.3, 0.4) is 0 Å². The molecule has 1 amide bonds. The molecule has 4 N–H and O–H groups in total. The van der Waals surface area contributed by atoms with Gasteiger partial charge in [-0.2, -0.15) is 13.7 Å². The van der Waals surface area contributed by atoms with Crippen LogP contribution < -0.4 is 5.73 Å². The van der Waals surface area contributed by atoms with Crippen molar-refractivity contribution in [2.24, 2.45) is 74.7 Å². The standard InChI is InChI=1S/C9H19NO.C9H17N.2C9H20.H2O4S/c1-6(2)9(5,7(3)4)8(10)11;1-7(2)9(5,6-10)8(3)4;2*1-7(2)9(5,6)8(3)4;1-5(2,3)4/h6-7H,1-5H3,(H2,10,11);7-8H,1-5H3;2*7-8H,1-6H3;(H2,1,2,3,4). The molecule has 0 aliphatic carbocycles. The molecule has 0 aromatic heterocycles. The Bertz CT molecular complexity index is 839. The summed E-state index contributed by atoms with van der Waals surface area (Å²) in [7, 11) is -4.67. The molecular weight excluding hydrogens is 572 g/mol. The highest BCUT2D eigenvalue weighted by Gasteiger charge is 2.37. The fourth-order valence-electron chi connectivity index (χ4n) is 3.49. The van der Waals surface area contributed by atoms with Crippen molar-refractivity contribution in [1.82, 2.24) is 0 Å². The van der Waals surface area contributed by atoms with Gasteiger partial charge in [0.25, 0.3) is 0 Å². The lowest BCUT2D eigenvalue weighted by molar-refractivity contribution is -0.131. The van der Waals surface area contributed by atoms with Gasteiger partial charge >= 0.3 is 10.4 Å². The van der Waals surface area contributed by atoms with Crippen molar-refractivity contribution in [2.75, 3.05) is 0 Å². The maximum atomic E-state index is 11.1. The zero-order valence-corrected chi connectivity index (χ0v) is 34.0. The van der Waals surface area contributed by atoms with Gasteiger partial charge in [-0.25, -0.2) is 0 Å². The van der Waals surface area contributed by atoms with E-state index >= 15 is 0 Å². The summed E-state index contributed by atoms with van der Waals surface area (Å²) in [5.41, 5.74) is 5.82. The second-order valence-corrected chi connectivity index (χ2v) is 17.3. The summed E-state index contributed by atoms with van der Waals surface area (Å²) < 4.78 is 31.6. The van der Waals surface area contributed by atoms with Crippen LogP contribution in [-0.4, -0.2) is 23.4 Å². The van der Waals surface area contributed by atoms with Crippen LogP contribution in [-0.2, 0) is 15.2 Å². The summed E-state index contributed by atoms with van der Waals surface area (Å²) in [5.74, 6) is 4.46. The molecule has 44 heavy (non-hydrogen) atoms. The molecule has 268 valence electrons. The maximum Gasteiger partial charge on any atom is 0.394 e. The molecule has 0 aliphatic heterocycles. The topological polar surface area (TPSA) is 141 Å². The van der Waals surface area contributed by atoms with Gasteiger partial charge in [-0.05, 0) is 65.1 Å². The highest BCUT2D eigenvalue weighted by molar-refractivity contribution is 7.79. The predicted molar refractivity (Wildman–Crippen MR) is 191 cm³/mol. The van der Waals surface area contributed by atoms with Crippen LogP contribution in [0, 0.1) is 80.3 Å². The lowest BCUT2D eigenvalue weighted by atomic mass is 9.70. The number of hydrogen-bond donors (Lipinski definition) is 3. The van der Waals surface area contributed by atoms with Crippen LogP contribution in [0.4, 0.5) is 0 Å². The van der Waals surface area contributed by atoms with Crippen molar-refractivity contribution >= 4 is 16.3 Å². The summed E-state index contributed by atoms with van der Waals surface area (Å²) in [6.07, 6.45) is 0. The molecule has 0 bridgehead atoms. The van der Waals surface area contributed by atoms with Crippen molar-refractivity contribution < 1.29 is 22.3 Å². The molecule has 0 fully saturated rings. The van der Waals surface area contributed by atoms with E-state index in [4.69, 9.17) is 28.5 Å². The Hall–Kier alpha value is -1.17. The smallest absolute Gasteiger partial charge is 0.369 e. The minimum Gasteiger partial charge on any atom is -0.369 e. The van der Waals surface area contributed by atoms with E-state index in [1.54, 1.807) is 0 Å². The summed E-state index contributed by atoms with van der Waals surface area (Å²) in [6.45, 7) is 48.2. The molecule has 0 radical (unpaired) electrons. The van der Waals surface area contributed by atoms with Gasteiger partial charge in [-0.1, -0.05) is 145 Å². The van der Waals surface area contributed by atoms with E-state index in [2.05, 4.69) is 117 Å². The summed E-state index contributed by atoms with van der Waals surface area (Å²) >= 11 is 0. The zero-order valence-electron chi connectivity index (χ0n) is 33.2. The van der Waals surface area contributed by atoms with Crippen LogP contribution >= 0.6 is 0 Å². The van der Waals surface area contributed by atoms with Gasteiger partial charge in [-0.15, -0.1) is 0 Å². The molecule has 0 saturated heterocycles. The third-order valence-electron chi connectivity index (χ3n) is 11.5. The number of nitrogens with zero attached hydrogens (tertiary/aromatic N) is 1. The van der Waals surface area contributed by atoms with E-state index in [0.717, 1.165) is 23.7 Å². The SMILES string of the molecule is CC(C)C(C)(C#N)C(C)C.CC(C)C(C)(C(N)=O)C(C)C.CC(C)C(C)(C)C(C)C.CC(C)C(C)(C)C(C)C.O=S(=O)(O)O. The van der Waals surface area contributed by atoms with Gasteiger partial charge in [0.15, 0.2) is 0 Å². The molecule has 0 aromatic rings. The summed E-state index contributed by atoms with van der Waals surface area (Å²) in [5, 5.41) is 8.88. The first-order valence-corrected chi connectivity index (χ1v) is 17.9. The first-order chi connectivity index (χ1) is 19.1. The van der Waals surface area contributed by atoms with E-state index in [0.29, 0.717) is 34.5 Å². The van der Waals surface area contributed by atoms with Gasteiger partial charge in [0.05, 0.1) is 16.9 Å². The minimum atomic E-state index is -4.67. The molecular formula is C36H78N2O5S. The Morgan fingerprint density at radius 1 is 0.545 bits per heavy atom. The van der Waals surface area contributed by atoms with Gasteiger partial charge in [0.2, 0.25) is 5.91 Å². The molecule has 7 nitrogen and oxygen atoms in total. The lowest BCUT2D eigenvalue weighted by Gasteiger charge is -2.34. The monoisotopic (exact) mass is 651 g/mol. The van der Waals surface area contributed by atoms with E-state index < -0.39 is 10.4 Å². The first-order valence-electron chi connectivity index (χ1n) is 16.5. The van der Waals surface area contributed by atoms with Crippen molar-refractivity contribution in [1.29, 1.82) is 5.26 Å². The van der Waals surface area contributed by atoms with Crippen LogP contribution in [0.2, 0.25) is 0 Å². The third-order valence-corrected chi connectivity index (χ3v) is 11.5. The predicted octanol–water partition coefficient (Wildman–Crippen LogP) is 10.6. The van der Waals surface area contributed by atoms with E-state index in [-0.39, 0.29) is 16.7 Å². The maximum absolute atomic E-state index is 11.1. The second kappa shape index (κ2) is 21.6. The molecule has 8 heteroatoms. The average Bonchev–Trinajstić information content (AvgIpc) is 2.81. The number of carbonyl (C=O) groups is 1. The van der Waals surface area contributed by atoms with Gasteiger partial charge < -0.3 is 5.73 Å². The van der Waals surface area contributed by atoms with Gasteiger partial charge in [-0.3, -0.25) is 13.9 Å². The number of primary amides is 1. The Morgan fingerprint density at radius 2 is 0.727 bits per heavy atom. The van der Waals surface area contributed by atoms with Crippen LogP contribution in [0.5, 0.6) is 0 Å². The molecule has 0 spiro atoms. The van der Waals surface area contributed by atoms with Crippen LogP contribution in [0.1, 0.15) is 152 Å². The molecule has 0 aromatic carbocycles. The minimum absolute atomic E-state index is 0.153. The van der Waals surface area contributed by atoms with Crippen molar-refractivity contribution in [3.05, 3.63) is 0 Å². The molecule has 0 heterocycles. The van der Waals surface area contributed by atoms with Gasteiger partial charge in [0, 0.05) is 0 Å². The molecule has 0 saturated carbocycles. The van der Waals surface area contributed by atoms with Crippen LogP contribution in [0.25, 0.3) is 0 Å².